The fraction of sp³-hybridized carbons (Fsp3) is 0.891. The van der Waals surface area contributed by atoms with Gasteiger partial charge < -0.3 is 24.4 Å². The number of carbonyl (C=O) groups is 1. The molecule has 0 saturated heterocycles. The molecule has 0 aliphatic heterocycles. The number of nitrogens with zero attached hydrogens (tertiary/aromatic N) is 1. The van der Waals surface area contributed by atoms with Crippen molar-refractivity contribution >= 4 is 6.09 Å². The van der Waals surface area contributed by atoms with Crippen molar-refractivity contribution in [2.45, 2.75) is 213 Å². The van der Waals surface area contributed by atoms with Crippen LogP contribution < -0.4 is 5.32 Å². The van der Waals surface area contributed by atoms with Crippen LogP contribution in [0.3, 0.4) is 0 Å². The molecule has 1 N–H and O–H groups in total. The summed E-state index contributed by atoms with van der Waals surface area (Å²) in [6.07, 6.45) is 47.6. The molecule has 1 amide bonds. The van der Waals surface area contributed by atoms with Crippen LogP contribution in [0.15, 0.2) is 24.3 Å². The largest absolute Gasteiger partial charge is 0.450 e. The first-order valence-electron chi connectivity index (χ1n) is 22.6. The van der Waals surface area contributed by atoms with Crippen LogP contribution in [0, 0.1) is 0 Å². The molecule has 0 fully saturated rings. The van der Waals surface area contributed by atoms with Crippen molar-refractivity contribution in [2.24, 2.45) is 0 Å². The average Bonchev–Trinajstić information content (AvgIpc) is 3.13. The second-order valence-corrected chi connectivity index (χ2v) is 15.5. The Morgan fingerprint density at radius 1 is 0.481 bits per heavy atom. The SMILES string of the molecule is CCCCCCCCC=CCCCCCCCCOCC(COCCCCCCCCC=CCCCCCCCC)NC(=O)OCCCCN(C)C. The number of ether oxygens (including phenoxy) is 3. The van der Waals surface area contributed by atoms with Crippen molar-refractivity contribution in [3.63, 3.8) is 0 Å². The first kappa shape index (κ1) is 50.6. The molecule has 0 rings (SSSR count). The lowest BCUT2D eigenvalue weighted by Crippen LogP contribution is -2.42. The van der Waals surface area contributed by atoms with E-state index < -0.39 is 0 Å². The quantitative estimate of drug-likeness (QED) is 0.0500. The highest BCUT2D eigenvalue weighted by molar-refractivity contribution is 5.67. The van der Waals surface area contributed by atoms with Gasteiger partial charge in [0.25, 0.3) is 0 Å². The standard InChI is InChI=1S/C46H90N2O4/c1-5-7-9-11-13-15-17-19-21-23-25-27-29-31-33-36-40-50-43-45(47-46(49)52-42-38-35-39-48(3)4)44-51-41-37-34-32-30-28-26-24-22-20-18-16-14-12-10-8-6-2/h19-22,45H,5-18,23-44H2,1-4H3,(H,47,49). The Kier molecular flexibility index (Phi) is 42.9. The van der Waals surface area contributed by atoms with Gasteiger partial charge in [-0.1, -0.05) is 154 Å². The Balaban J connectivity index is 3.98. The molecular formula is C46H90N2O4. The van der Waals surface area contributed by atoms with Gasteiger partial charge in [0.05, 0.1) is 25.9 Å². The monoisotopic (exact) mass is 735 g/mol. The lowest BCUT2D eigenvalue weighted by Gasteiger charge is -2.19. The van der Waals surface area contributed by atoms with Gasteiger partial charge in [-0.05, 0) is 97.7 Å². The molecule has 0 aromatic heterocycles. The summed E-state index contributed by atoms with van der Waals surface area (Å²) in [7, 11) is 4.13. The topological polar surface area (TPSA) is 60.0 Å². The number of rotatable bonds is 42. The van der Waals surface area contributed by atoms with Gasteiger partial charge in [0, 0.05) is 13.2 Å². The van der Waals surface area contributed by atoms with Crippen LogP contribution in [0.5, 0.6) is 0 Å². The molecule has 6 nitrogen and oxygen atoms in total. The molecule has 308 valence electrons. The molecule has 0 aromatic rings. The molecule has 0 aliphatic rings. The second kappa shape index (κ2) is 44.0. The number of hydrogen-bond acceptors (Lipinski definition) is 5. The number of alkyl carbamates (subject to hydrolysis) is 1. The van der Waals surface area contributed by atoms with E-state index in [1.165, 1.54) is 167 Å². The molecule has 0 unspecified atom stereocenters. The van der Waals surface area contributed by atoms with E-state index in [0.717, 1.165) is 45.4 Å². The zero-order valence-corrected chi connectivity index (χ0v) is 35.4. The van der Waals surface area contributed by atoms with Gasteiger partial charge in [-0.15, -0.1) is 0 Å². The van der Waals surface area contributed by atoms with Crippen molar-refractivity contribution in [3.05, 3.63) is 24.3 Å². The normalized spacial score (nSPS) is 12.5. The lowest BCUT2D eigenvalue weighted by atomic mass is 10.1. The van der Waals surface area contributed by atoms with Crippen LogP contribution in [0.2, 0.25) is 0 Å². The minimum Gasteiger partial charge on any atom is -0.450 e. The first-order chi connectivity index (χ1) is 25.6. The smallest absolute Gasteiger partial charge is 0.407 e. The van der Waals surface area contributed by atoms with Gasteiger partial charge >= 0.3 is 6.09 Å². The van der Waals surface area contributed by atoms with E-state index in [9.17, 15) is 4.79 Å². The Hall–Kier alpha value is -1.37. The van der Waals surface area contributed by atoms with Crippen LogP contribution in [-0.2, 0) is 14.2 Å². The molecule has 0 aromatic carbocycles. The Morgan fingerprint density at radius 3 is 1.21 bits per heavy atom. The van der Waals surface area contributed by atoms with Crippen LogP contribution in [0.4, 0.5) is 4.79 Å². The summed E-state index contributed by atoms with van der Waals surface area (Å²) < 4.78 is 17.5. The number of amides is 1. The van der Waals surface area contributed by atoms with E-state index in [2.05, 4.69) is 62.5 Å². The van der Waals surface area contributed by atoms with Crippen molar-refractivity contribution in [3.8, 4) is 0 Å². The van der Waals surface area contributed by atoms with E-state index >= 15 is 0 Å². The van der Waals surface area contributed by atoms with E-state index in [-0.39, 0.29) is 12.1 Å². The van der Waals surface area contributed by atoms with Gasteiger partial charge in [-0.3, -0.25) is 0 Å². The maximum atomic E-state index is 12.5. The van der Waals surface area contributed by atoms with E-state index in [1.807, 2.05) is 0 Å². The zero-order chi connectivity index (χ0) is 37.8. The third kappa shape index (κ3) is 43.0. The fourth-order valence-corrected chi connectivity index (χ4v) is 6.39. The third-order valence-corrected chi connectivity index (χ3v) is 9.79. The van der Waals surface area contributed by atoms with Gasteiger partial charge in [0.15, 0.2) is 0 Å². The summed E-state index contributed by atoms with van der Waals surface area (Å²) in [4.78, 5) is 14.6. The minimum atomic E-state index is -0.364. The highest BCUT2D eigenvalue weighted by Crippen LogP contribution is 2.12. The first-order valence-corrected chi connectivity index (χ1v) is 22.6. The maximum absolute atomic E-state index is 12.5. The zero-order valence-electron chi connectivity index (χ0n) is 35.4. The van der Waals surface area contributed by atoms with Crippen LogP contribution >= 0.6 is 0 Å². The number of hydrogen-bond donors (Lipinski definition) is 1. The molecule has 52 heavy (non-hydrogen) atoms. The average molecular weight is 735 g/mol. The van der Waals surface area contributed by atoms with Gasteiger partial charge in [0.1, 0.15) is 0 Å². The summed E-state index contributed by atoms with van der Waals surface area (Å²) in [6, 6.07) is -0.183. The van der Waals surface area contributed by atoms with Crippen molar-refractivity contribution in [1.29, 1.82) is 0 Å². The molecule has 0 bridgehead atoms. The Labute approximate surface area is 325 Å². The summed E-state index contributed by atoms with van der Waals surface area (Å²) >= 11 is 0. The predicted octanol–water partition coefficient (Wildman–Crippen LogP) is 13.5. The van der Waals surface area contributed by atoms with Gasteiger partial charge in [-0.25, -0.2) is 4.79 Å². The summed E-state index contributed by atoms with van der Waals surface area (Å²) in [5.41, 5.74) is 0. The molecule has 0 aliphatic carbocycles. The van der Waals surface area contributed by atoms with E-state index in [4.69, 9.17) is 14.2 Å². The molecule has 0 radical (unpaired) electrons. The van der Waals surface area contributed by atoms with Crippen molar-refractivity contribution in [1.82, 2.24) is 10.2 Å². The van der Waals surface area contributed by atoms with Crippen molar-refractivity contribution in [2.75, 3.05) is 53.7 Å². The summed E-state index contributed by atoms with van der Waals surface area (Å²) in [5.74, 6) is 0. The van der Waals surface area contributed by atoms with Crippen LogP contribution in [0.25, 0.3) is 0 Å². The third-order valence-electron chi connectivity index (χ3n) is 9.79. The molecular weight excluding hydrogens is 645 g/mol. The molecule has 0 heterocycles. The summed E-state index contributed by atoms with van der Waals surface area (Å²) in [6.45, 7) is 8.40. The van der Waals surface area contributed by atoms with Crippen molar-refractivity contribution < 1.29 is 19.0 Å². The number of nitrogens with one attached hydrogen (secondary N) is 1. The van der Waals surface area contributed by atoms with E-state index in [0.29, 0.717) is 19.8 Å². The molecule has 0 atom stereocenters. The Morgan fingerprint density at radius 2 is 0.827 bits per heavy atom. The second-order valence-electron chi connectivity index (χ2n) is 15.5. The number of allylic oxidation sites excluding steroid dienone is 4. The predicted molar refractivity (Wildman–Crippen MR) is 227 cm³/mol. The lowest BCUT2D eigenvalue weighted by molar-refractivity contribution is 0.0491. The molecule has 6 heteroatoms. The van der Waals surface area contributed by atoms with Crippen LogP contribution in [-0.4, -0.2) is 70.7 Å². The Bertz CT molecular complexity index is 711. The number of unbranched alkanes of at least 4 members (excludes halogenated alkanes) is 25. The molecule has 0 saturated carbocycles. The highest BCUT2D eigenvalue weighted by atomic mass is 16.5. The van der Waals surface area contributed by atoms with E-state index in [1.54, 1.807) is 0 Å². The fourth-order valence-electron chi connectivity index (χ4n) is 6.39. The molecule has 0 spiro atoms. The van der Waals surface area contributed by atoms with Gasteiger partial charge in [0.2, 0.25) is 0 Å². The van der Waals surface area contributed by atoms with Crippen LogP contribution in [0.1, 0.15) is 206 Å². The summed E-state index contributed by atoms with van der Waals surface area (Å²) in [5, 5.41) is 3.00. The maximum Gasteiger partial charge on any atom is 0.407 e. The number of carbonyl (C=O) groups excluding carboxylic acids is 1. The van der Waals surface area contributed by atoms with Gasteiger partial charge in [-0.2, -0.15) is 0 Å². The highest BCUT2D eigenvalue weighted by Gasteiger charge is 2.14. The minimum absolute atomic E-state index is 0.183.